The summed E-state index contributed by atoms with van der Waals surface area (Å²) in [6.07, 6.45) is 5.52. The van der Waals surface area contributed by atoms with Gasteiger partial charge in [0.05, 0.1) is 33.8 Å². The Morgan fingerprint density at radius 2 is 1.91 bits per heavy atom. The van der Waals surface area contributed by atoms with E-state index in [1.54, 1.807) is 44.3 Å². The van der Waals surface area contributed by atoms with Crippen molar-refractivity contribution in [2.24, 2.45) is 0 Å². The van der Waals surface area contributed by atoms with Crippen molar-refractivity contribution in [1.29, 1.82) is 0 Å². The molecular formula is C26H25ClFN5O2. The predicted molar refractivity (Wildman–Crippen MR) is 134 cm³/mol. The highest BCUT2D eigenvalue weighted by molar-refractivity contribution is 6.34. The van der Waals surface area contributed by atoms with Crippen LogP contribution in [0.15, 0.2) is 54.9 Å². The number of rotatable bonds is 7. The molecule has 1 fully saturated rings. The molecule has 0 aliphatic heterocycles. The third kappa shape index (κ3) is 5.13. The van der Waals surface area contributed by atoms with E-state index in [-0.39, 0.29) is 24.3 Å². The van der Waals surface area contributed by atoms with Crippen molar-refractivity contribution in [2.45, 2.75) is 38.3 Å². The average Bonchev–Trinajstić information content (AvgIpc) is 3.52. The minimum Gasteiger partial charge on any atom is -0.389 e. The number of nitrogens with one attached hydrogen (secondary N) is 2. The van der Waals surface area contributed by atoms with Crippen LogP contribution in [0, 0.1) is 5.82 Å². The van der Waals surface area contributed by atoms with Crippen molar-refractivity contribution >= 4 is 29.0 Å². The van der Waals surface area contributed by atoms with Crippen LogP contribution in [0.3, 0.4) is 0 Å². The highest BCUT2D eigenvalue weighted by atomic mass is 35.5. The molecule has 9 heteroatoms. The number of nitrogens with zero attached hydrogens (tertiary/aromatic N) is 3. The molecule has 1 aliphatic carbocycles. The number of benzene rings is 2. The van der Waals surface area contributed by atoms with Gasteiger partial charge in [-0.2, -0.15) is 0 Å². The van der Waals surface area contributed by atoms with Crippen LogP contribution in [0.2, 0.25) is 5.02 Å². The van der Waals surface area contributed by atoms with E-state index < -0.39 is 5.60 Å². The highest BCUT2D eigenvalue weighted by Gasteiger charge is 2.25. The maximum Gasteiger partial charge on any atom is 0.253 e. The summed E-state index contributed by atoms with van der Waals surface area (Å²) in [7, 11) is 0. The van der Waals surface area contributed by atoms with Crippen LogP contribution in [0.5, 0.6) is 0 Å². The van der Waals surface area contributed by atoms with E-state index in [0.717, 1.165) is 29.7 Å². The molecule has 1 aliphatic rings. The Bertz CT molecular complexity index is 1410. The van der Waals surface area contributed by atoms with Gasteiger partial charge in [0.2, 0.25) is 0 Å². The first-order valence-corrected chi connectivity index (χ1v) is 11.8. The van der Waals surface area contributed by atoms with Gasteiger partial charge < -0.3 is 15.7 Å². The number of hydrogen-bond acceptors (Lipinski definition) is 5. The number of carbonyl (C=O) groups excluding carboxylic acids is 1. The fourth-order valence-electron chi connectivity index (χ4n) is 3.73. The van der Waals surface area contributed by atoms with Gasteiger partial charge in [-0.05, 0) is 63.1 Å². The normalized spacial score (nSPS) is 13.7. The van der Waals surface area contributed by atoms with Crippen molar-refractivity contribution in [1.82, 2.24) is 19.7 Å². The Morgan fingerprint density at radius 3 is 2.57 bits per heavy atom. The quantitative estimate of drug-likeness (QED) is 0.339. The number of aromatic nitrogens is 3. The van der Waals surface area contributed by atoms with Gasteiger partial charge in [0, 0.05) is 29.9 Å². The molecule has 0 atom stereocenters. The molecule has 4 aromatic rings. The highest BCUT2D eigenvalue weighted by Crippen LogP contribution is 2.31. The molecule has 180 valence electrons. The van der Waals surface area contributed by atoms with E-state index in [1.807, 2.05) is 16.7 Å². The molecule has 2 aromatic heterocycles. The van der Waals surface area contributed by atoms with Crippen LogP contribution < -0.4 is 10.6 Å². The van der Waals surface area contributed by atoms with Gasteiger partial charge in [-0.15, -0.1) is 0 Å². The fourth-order valence-corrected chi connectivity index (χ4v) is 4.00. The van der Waals surface area contributed by atoms with E-state index in [4.69, 9.17) is 16.6 Å². The molecular weight excluding hydrogens is 469 g/mol. The second-order valence-electron chi connectivity index (χ2n) is 9.43. The number of aliphatic hydroxyl groups is 1. The molecule has 1 amide bonds. The van der Waals surface area contributed by atoms with Crippen molar-refractivity contribution in [2.75, 3.05) is 11.9 Å². The van der Waals surface area contributed by atoms with Gasteiger partial charge in [-0.3, -0.25) is 9.20 Å². The number of halogens is 2. The number of anilines is 1. The molecule has 0 saturated heterocycles. The van der Waals surface area contributed by atoms with E-state index in [9.17, 15) is 14.3 Å². The van der Waals surface area contributed by atoms with Gasteiger partial charge in [0.1, 0.15) is 5.82 Å². The summed E-state index contributed by atoms with van der Waals surface area (Å²) in [6, 6.07) is 11.6. The lowest BCUT2D eigenvalue weighted by atomic mass is 10.1. The van der Waals surface area contributed by atoms with Crippen molar-refractivity contribution < 1.29 is 14.3 Å². The molecule has 2 aromatic carbocycles. The molecule has 2 heterocycles. The summed E-state index contributed by atoms with van der Waals surface area (Å²) in [5.41, 5.74) is 2.86. The third-order valence-corrected chi connectivity index (χ3v) is 6.06. The van der Waals surface area contributed by atoms with Crippen molar-refractivity contribution in [3.05, 3.63) is 71.3 Å². The molecule has 0 spiro atoms. The summed E-state index contributed by atoms with van der Waals surface area (Å²) in [6.45, 7) is 3.64. The van der Waals surface area contributed by atoms with E-state index in [2.05, 4.69) is 15.6 Å². The second-order valence-corrected chi connectivity index (χ2v) is 9.83. The Labute approximate surface area is 207 Å². The van der Waals surface area contributed by atoms with Crippen LogP contribution in [-0.4, -0.2) is 43.6 Å². The van der Waals surface area contributed by atoms with Crippen molar-refractivity contribution in [3.63, 3.8) is 0 Å². The summed E-state index contributed by atoms with van der Waals surface area (Å²) >= 11 is 6.49. The first-order chi connectivity index (χ1) is 16.7. The standard InChI is InChI=1S/C26H25ClFN5O2/c1-26(2,35)14-30-23-24-29-12-22(33(24)13-21(32-23)15-3-6-17(28)7-4-15)16-5-10-19(20(27)11-16)25(34)31-18-8-9-18/h3-7,10-13,18,35H,8-9,14H2,1-2H3,(H,30,32)(H,31,34). The number of fused-ring (bicyclic) bond motifs is 1. The Kier molecular flexibility index (Phi) is 5.94. The van der Waals surface area contributed by atoms with E-state index in [0.29, 0.717) is 27.7 Å². The minimum absolute atomic E-state index is 0.178. The zero-order valence-electron chi connectivity index (χ0n) is 19.3. The van der Waals surface area contributed by atoms with Gasteiger partial charge in [-0.25, -0.2) is 14.4 Å². The monoisotopic (exact) mass is 493 g/mol. The summed E-state index contributed by atoms with van der Waals surface area (Å²) in [4.78, 5) is 21.7. The van der Waals surface area contributed by atoms with Gasteiger partial charge in [0.25, 0.3) is 5.91 Å². The summed E-state index contributed by atoms with van der Waals surface area (Å²) in [5, 5.41) is 16.7. The lowest BCUT2D eigenvalue weighted by Gasteiger charge is -2.19. The Balaban J connectivity index is 1.58. The number of hydrogen-bond donors (Lipinski definition) is 3. The van der Waals surface area contributed by atoms with Crippen molar-refractivity contribution in [3.8, 4) is 22.5 Å². The molecule has 0 bridgehead atoms. The lowest BCUT2D eigenvalue weighted by Crippen LogP contribution is -2.29. The van der Waals surface area contributed by atoms with Gasteiger partial charge in [0.15, 0.2) is 11.5 Å². The fraction of sp³-hybridized carbons (Fsp3) is 0.269. The molecule has 1 saturated carbocycles. The predicted octanol–water partition coefficient (Wildman–Crippen LogP) is 4.93. The number of amides is 1. The summed E-state index contributed by atoms with van der Waals surface area (Å²) in [5.74, 6) is -0.0335. The second kappa shape index (κ2) is 8.94. The maximum absolute atomic E-state index is 13.5. The van der Waals surface area contributed by atoms with Crippen LogP contribution in [0.4, 0.5) is 10.2 Å². The van der Waals surface area contributed by atoms with Gasteiger partial charge >= 0.3 is 0 Å². The van der Waals surface area contributed by atoms with Crippen LogP contribution in [0.1, 0.15) is 37.0 Å². The molecule has 0 radical (unpaired) electrons. The smallest absolute Gasteiger partial charge is 0.253 e. The topological polar surface area (TPSA) is 91.5 Å². The number of carbonyl (C=O) groups is 1. The Morgan fingerprint density at radius 1 is 1.20 bits per heavy atom. The zero-order valence-corrected chi connectivity index (χ0v) is 20.1. The Hall–Kier alpha value is -3.49. The average molecular weight is 494 g/mol. The summed E-state index contributed by atoms with van der Waals surface area (Å²) < 4.78 is 15.4. The maximum atomic E-state index is 13.5. The first-order valence-electron chi connectivity index (χ1n) is 11.4. The SMILES string of the molecule is CC(C)(O)CNc1nc(-c2ccc(F)cc2)cn2c(-c3ccc(C(=O)NC4CC4)c(Cl)c3)cnc12. The van der Waals surface area contributed by atoms with E-state index in [1.165, 1.54) is 12.1 Å². The van der Waals surface area contributed by atoms with E-state index >= 15 is 0 Å². The number of imidazole rings is 1. The van der Waals surface area contributed by atoms with Crippen LogP contribution in [0.25, 0.3) is 28.2 Å². The lowest BCUT2D eigenvalue weighted by molar-refractivity contribution is 0.0940. The zero-order chi connectivity index (χ0) is 24.7. The first kappa shape index (κ1) is 23.3. The van der Waals surface area contributed by atoms with Crippen LogP contribution >= 0.6 is 11.6 Å². The molecule has 35 heavy (non-hydrogen) atoms. The third-order valence-electron chi connectivity index (χ3n) is 5.74. The minimum atomic E-state index is -0.968. The molecule has 0 unspecified atom stereocenters. The van der Waals surface area contributed by atoms with Gasteiger partial charge in [-0.1, -0.05) is 17.7 Å². The molecule has 7 nitrogen and oxygen atoms in total. The molecule has 3 N–H and O–H groups in total. The van der Waals surface area contributed by atoms with Crippen LogP contribution in [-0.2, 0) is 0 Å². The molecule has 5 rings (SSSR count). The largest absolute Gasteiger partial charge is 0.389 e.